The van der Waals surface area contributed by atoms with Crippen LogP contribution in [-0.2, 0) is 22.4 Å². The Kier molecular flexibility index (Phi) is 9.01. The van der Waals surface area contributed by atoms with Crippen molar-refractivity contribution in [3.8, 4) is 5.75 Å². The van der Waals surface area contributed by atoms with Crippen LogP contribution in [0.3, 0.4) is 0 Å². The SMILES string of the molecule is COc1ccc(CC2(C(=O)N[C@@H](Cc3ccc(NC(=O)c4ccc([N+](=O)[O-])cc4C)cc3)C(=O)O)CCCC2)cc1. The van der Waals surface area contributed by atoms with Crippen LogP contribution in [0.15, 0.2) is 66.7 Å². The van der Waals surface area contributed by atoms with Gasteiger partial charge in [0.05, 0.1) is 17.4 Å². The Balaban J connectivity index is 1.41. The fraction of sp³-hybridized carbons (Fsp3) is 0.323. The number of non-ortho nitro benzene ring substituents is 1. The lowest BCUT2D eigenvalue weighted by atomic mass is 9.78. The number of carboxylic acids is 1. The molecule has 4 rings (SSSR count). The number of benzene rings is 3. The first-order valence-electron chi connectivity index (χ1n) is 13.4. The number of hydrogen-bond donors (Lipinski definition) is 3. The molecule has 2 amide bonds. The molecule has 0 bridgehead atoms. The van der Waals surface area contributed by atoms with E-state index in [9.17, 15) is 29.6 Å². The summed E-state index contributed by atoms with van der Waals surface area (Å²) in [5.41, 5.74) is 2.19. The van der Waals surface area contributed by atoms with Gasteiger partial charge in [-0.05, 0) is 73.2 Å². The zero-order valence-electron chi connectivity index (χ0n) is 23.0. The van der Waals surface area contributed by atoms with E-state index in [0.717, 1.165) is 24.2 Å². The van der Waals surface area contributed by atoms with Crippen LogP contribution in [-0.4, -0.2) is 41.0 Å². The predicted octanol–water partition coefficient (Wildman–Crippen LogP) is 5.08. The molecular formula is C31H33N3O7. The summed E-state index contributed by atoms with van der Waals surface area (Å²) in [6.07, 6.45) is 3.81. The number of carbonyl (C=O) groups is 3. The lowest BCUT2D eigenvalue weighted by Crippen LogP contribution is -2.49. The van der Waals surface area contributed by atoms with E-state index < -0.39 is 28.3 Å². The van der Waals surface area contributed by atoms with Crippen molar-refractivity contribution < 1.29 is 29.2 Å². The number of aliphatic carboxylic acids is 1. The molecule has 0 heterocycles. The number of anilines is 1. The maximum atomic E-state index is 13.5. The van der Waals surface area contributed by atoms with Gasteiger partial charge in [0.25, 0.3) is 11.6 Å². The average Bonchev–Trinajstić information content (AvgIpc) is 3.43. The highest BCUT2D eigenvalue weighted by atomic mass is 16.6. The minimum Gasteiger partial charge on any atom is -0.497 e. The van der Waals surface area contributed by atoms with Gasteiger partial charge in [0.1, 0.15) is 11.8 Å². The summed E-state index contributed by atoms with van der Waals surface area (Å²) < 4.78 is 5.22. The first-order chi connectivity index (χ1) is 19.6. The molecule has 10 heteroatoms. The molecule has 1 aliphatic carbocycles. The summed E-state index contributed by atoms with van der Waals surface area (Å²) in [4.78, 5) is 48.8. The van der Waals surface area contributed by atoms with Crippen molar-refractivity contribution >= 4 is 29.2 Å². The van der Waals surface area contributed by atoms with Gasteiger partial charge in [0.2, 0.25) is 5.91 Å². The highest BCUT2D eigenvalue weighted by Crippen LogP contribution is 2.41. The van der Waals surface area contributed by atoms with Crippen molar-refractivity contribution in [1.82, 2.24) is 5.32 Å². The van der Waals surface area contributed by atoms with Crippen LogP contribution in [0.2, 0.25) is 0 Å². The molecule has 10 nitrogen and oxygen atoms in total. The Hall–Kier alpha value is -4.73. The third kappa shape index (κ3) is 7.08. The molecule has 0 aromatic heterocycles. The van der Waals surface area contributed by atoms with Gasteiger partial charge in [-0.15, -0.1) is 0 Å². The van der Waals surface area contributed by atoms with E-state index >= 15 is 0 Å². The largest absolute Gasteiger partial charge is 0.497 e. The van der Waals surface area contributed by atoms with Crippen LogP contribution >= 0.6 is 0 Å². The first-order valence-corrected chi connectivity index (χ1v) is 13.4. The van der Waals surface area contributed by atoms with Gasteiger partial charge in [-0.3, -0.25) is 19.7 Å². The molecule has 3 N–H and O–H groups in total. The second-order valence-electron chi connectivity index (χ2n) is 10.5. The van der Waals surface area contributed by atoms with Crippen LogP contribution in [0.1, 0.15) is 52.7 Å². The Morgan fingerprint density at radius 3 is 2.20 bits per heavy atom. The number of carboxylic acid groups (broad SMARTS) is 1. The lowest BCUT2D eigenvalue weighted by molar-refractivity contribution is -0.384. The summed E-state index contributed by atoms with van der Waals surface area (Å²) in [6.45, 7) is 1.62. The van der Waals surface area contributed by atoms with Gasteiger partial charge in [-0.2, -0.15) is 0 Å². The summed E-state index contributed by atoms with van der Waals surface area (Å²) in [5, 5.41) is 26.4. The Morgan fingerprint density at radius 2 is 1.63 bits per heavy atom. The number of nitro groups is 1. The van der Waals surface area contributed by atoms with Gasteiger partial charge in [-0.1, -0.05) is 37.1 Å². The molecule has 0 radical (unpaired) electrons. The number of hydrogen-bond acceptors (Lipinski definition) is 6. The van der Waals surface area contributed by atoms with Gasteiger partial charge < -0.3 is 20.5 Å². The first kappa shape index (κ1) is 29.3. The van der Waals surface area contributed by atoms with Gasteiger partial charge in [-0.25, -0.2) is 4.79 Å². The fourth-order valence-electron chi connectivity index (χ4n) is 5.36. The van der Waals surface area contributed by atoms with Crippen LogP contribution < -0.4 is 15.4 Å². The van der Waals surface area contributed by atoms with E-state index in [1.54, 1.807) is 38.3 Å². The highest BCUT2D eigenvalue weighted by molar-refractivity contribution is 6.05. The quantitative estimate of drug-likeness (QED) is 0.219. The number of amides is 2. The summed E-state index contributed by atoms with van der Waals surface area (Å²) in [6, 6.07) is 17.2. The van der Waals surface area contributed by atoms with Gasteiger partial charge in [0, 0.05) is 29.8 Å². The number of nitro benzene ring substituents is 1. The minimum absolute atomic E-state index is 0.0787. The van der Waals surface area contributed by atoms with E-state index in [-0.39, 0.29) is 18.0 Å². The second-order valence-corrected chi connectivity index (χ2v) is 10.5. The van der Waals surface area contributed by atoms with E-state index in [1.165, 1.54) is 18.2 Å². The summed E-state index contributed by atoms with van der Waals surface area (Å²) >= 11 is 0. The molecule has 0 spiro atoms. The van der Waals surface area contributed by atoms with Crippen molar-refractivity contribution in [2.75, 3.05) is 12.4 Å². The molecule has 3 aromatic rings. The molecule has 1 fully saturated rings. The van der Waals surface area contributed by atoms with Crippen LogP contribution in [0.4, 0.5) is 11.4 Å². The monoisotopic (exact) mass is 559 g/mol. The molecule has 0 aliphatic heterocycles. The van der Waals surface area contributed by atoms with E-state index in [4.69, 9.17) is 4.74 Å². The maximum absolute atomic E-state index is 13.5. The third-order valence-electron chi connectivity index (χ3n) is 7.66. The summed E-state index contributed by atoms with van der Waals surface area (Å²) in [5.74, 6) is -1.06. The molecule has 0 unspecified atom stereocenters. The van der Waals surface area contributed by atoms with E-state index in [0.29, 0.717) is 41.6 Å². The molecule has 0 saturated heterocycles. The molecule has 41 heavy (non-hydrogen) atoms. The predicted molar refractivity (Wildman–Crippen MR) is 153 cm³/mol. The Morgan fingerprint density at radius 1 is 1.00 bits per heavy atom. The minimum atomic E-state index is -1.12. The van der Waals surface area contributed by atoms with E-state index in [2.05, 4.69) is 10.6 Å². The Labute approximate surface area is 237 Å². The maximum Gasteiger partial charge on any atom is 0.326 e. The Bertz CT molecular complexity index is 1430. The van der Waals surface area contributed by atoms with Crippen molar-refractivity contribution in [2.45, 2.75) is 51.5 Å². The van der Waals surface area contributed by atoms with Crippen molar-refractivity contribution in [3.63, 3.8) is 0 Å². The van der Waals surface area contributed by atoms with Crippen LogP contribution in [0, 0.1) is 22.5 Å². The highest BCUT2D eigenvalue weighted by Gasteiger charge is 2.42. The zero-order valence-corrected chi connectivity index (χ0v) is 23.0. The zero-order chi connectivity index (χ0) is 29.6. The fourth-order valence-corrected chi connectivity index (χ4v) is 5.36. The van der Waals surface area contributed by atoms with Crippen molar-refractivity contribution in [3.05, 3.63) is 99.1 Å². The number of rotatable bonds is 11. The number of carbonyl (C=O) groups excluding carboxylic acids is 2. The summed E-state index contributed by atoms with van der Waals surface area (Å²) in [7, 11) is 1.60. The molecule has 1 atom stereocenters. The second kappa shape index (κ2) is 12.6. The number of methoxy groups -OCH3 is 1. The molecular weight excluding hydrogens is 526 g/mol. The van der Waals surface area contributed by atoms with E-state index in [1.807, 2.05) is 24.3 Å². The topological polar surface area (TPSA) is 148 Å². The molecule has 214 valence electrons. The van der Waals surface area contributed by atoms with Gasteiger partial charge >= 0.3 is 5.97 Å². The lowest BCUT2D eigenvalue weighted by Gasteiger charge is -2.29. The molecule has 1 saturated carbocycles. The third-order valence-corrected chi connectivity index (χ3v) is 7.66. The number of aryl methyl sites for hydroxylation is 1. The number of nitrogens with zero attached hydrogens (tertiary/aromatic N) is 1. The van der Waals surface area contributed by atoms with Crippen LogP contribution in [0.25, 0.3) is 0 Å². The standard InChI is InChI=1S/C31H33N3O7/c1-20-17-24(34(39)40)11-14-26(20)28(35)32-23-9-5-21(6-10-23)18-27(29(36)37)33-30(38)31(15-3-4-16-31)19-22-7-12-25(41-2)13-8-22/h5-14,17,27H,3-4,15-16,18-19H2,1-2H3,(H,32,35)(H,33,38)(H,36,37)/t27-/m0/s1. The molecule has 1 aliphatic rings. The van der Waals surface area contributed by atoms with Gasteiger partial charge in [0.15, 0.2) is 0 Å². The normalized spacial score (nSPS) is 14.6. The average molecular weight is 560 g/mol. The smallest absolute Gasteiger partial charge is 0.326 e. The van der Waals surface area contributed by atoms with Crippen LogP contribution in [0.5, 0.6) is 5.75 Å². The number of ether oxygens (including phenoxy) is 1. The number of nitrogens with one attached hydrogen (secondary N) is 2. The van der Waals surface area contributed by atoms with Crippen molar-refractivity contribution in [1.29, 1.82) is 0 Å². The molecule has 3 aromatic carbocycles. The van der Waals surface area contributed by atoms with Crippen molar-refractivity contribution in [2.24, 2.45) is 5.41 Å².